The lowest BCUT2D eigenvalue weighted by atomic mass is 10.2. The summed E-state index contributed by atoms with van der Waals surface area (Å²) in [4.78, 5) is 25.2. The summed E-state index contributed by atoms with van der Waals surface area (Å²) in [5.41, 5.74) is 6.67. The van der Waals surface area contributed by atoms with Crippen LogP contribution in [0, 0.1) is 12.8 Å². The largest absolute Gasteiger partial charge is 0.279 e. The number of thiophene rings is 1. The van der Waals surface area contributed by atoms with Crippen molar-refractivity contribution >= 4 is 33.4 Å². The van der Waals surface area contributed by atoms with Crippen LogP contribution in [0.5, 0.6) is 0 Å². The number of fused-ring (bicyclic) bond motifs is 1. The van der Waals surface area contributed by atoms with Crippen LogP contribution in [0.25, 0.3) is 15.9 Å². The van der Waals surface area contributed by atoms with Gasteiger partial charge in [0.2, 0.25) is 5.91 Å². The van der Waals surface area contributed by atoms with Gasteiger partial charge in [-0.05, 0) is 25.1 Å². The third-order valence-electron chi connectivity index (χ3n) is 3.59. The second-order valence-corrected chi connectivity index (χ2v) is 6.79. The van der Waals surface area contributed by atoms with Gasteiger partial charge in [0.05, 0.1) is 16.3 Å². The predicted molar refractivity (Wildman–Crippen MR) is 94.1 cm³/mol. The summed E-state index contributed by atoms with van der Waals surface area (Å²) in [5, 5.41) is 5.48. The van der Waals surface area contributed by atoms with Gasteiger partial charge in [-0.1, -0.05) is 32.0 Å². The predicted octanol–water partition coefficient (Wildman–Crippen LogP) is 2.81. The molecule has 0 fully saturated rings. The molecule has 0 aliphatic rings. The summed E-state index contributed by atoms with van der Waals surface area (Å²) in [7, 11) is 0. The molecular formula is C17H18N4O2S. The molecular weight excluding hydrogens is 324 g/mol. The molecule has 2 amide bonds. The molecule has 0 aliphatic carbocycles. The molecule has 0 saturated carbocycles. The van der Waals surface area contributed by atoms with E-state index in [0.717, 1.165) is 21.6 Å². The van der Waals surface area contributed by atoms with Gasteiger partial charge in [0.1, 0.15) is 4.83 Å². The number of aryl methyl sites for hydroxylation is 1. The van der Waals surface area contributed by atoms with Gasteiger partial charge in [0.25, 0.3) is 5.91 Å². The number of carbonyl (C=O) groups excluding carboxylic acids is 2. The van der Waals surface area contributed by atoms with E-state index in [4.69, 9.17) is 0 Å². The number of hydrogen-bond donors (Lipinski definition) is 2. The number of carbonyl (C=O) groups is 2. The Morgan fingerprint density at radius 2 is 1.88 bits per heavy atom. The standard InChI is InChI=1S/C17H18N4O2S/c1-10(2)15(22)18-19-16(23)14-9-13-11(3)20-21(17(13)24-14)12-7-5-4-6-8-12/h4-10H,1-3H3,(H,18,22)(H,19,23). The Morgan fingerprint density at radius 3 is 2.54 bits per heavy atom. The van der Waals surface area contributed by atoms with E-state index >= 15 is 0 Å². The van der Waals surface area contributed by atoms with Crippen LogP contribution in [0.4, 0.5) is 0 Å². The van der Waals surface area contributed by atoms with Gasteiger partial charge in [0, 0.05) is 11.3 Å². The van der Waals surface area contributed by atoms with Gasteiger partial charge in [-0.2, -0.15) is 5.10 Å². The lowest BCUT2D eigenvalue weighted by Crippen LogP contribution is -2.43. The van der Waals surface area contributed by atoms with Gasteiger partial charge in [0.15, 0.2) is 0 Å². The zero-order chi connectivity index (χ0) is 17.3. The van der Waals surface area contributed by atoms with Crippen LogP contribution in [0.3, 0.4) is 0 Å². The molecule has 3 aromatic rings. The summed E-state index contributed by atoms with van der Waals surface area (Å²) in [5.74, 6) is -0.748. The molecule has 7 heteroatoms. The Bertz CT molecular complexity index is 896. The normalized spacial score (nSPS) is 11.0. The highest BCUT2D eigenvalue weighted by atomic mass is 32.1. The minimum Gasteiger partial charge on any atom is -0.273 e. The fourth-order valence-corrected chi connectivity index (χ4v) is 3.31. The highest BCUT2D eigenvalue weighted by Gasteiger charge is 2.17. The fraction of sp³-hybridized carbons (Fsp3) is 0.235. The molecule has 0 radical (unpaired) electrons. The number of nitrogens with one attached hydrogen (secondary N) is 2. The summed E-state index contributed by atoms with van der Waals surface area (Å²) in [6, 6.07) is 11.6. The SMILES string of the molecule is Cc1nn(-c2ccccc2)c2sc(C(=O)NNC(=O)C(C)C)cc12. The molecule has 0 saturated heterocycles. The average molecular weight is 342 g/mol. The number of rotatable bonds is 3. The van der Waals surface area contributed by atoms with E-state index in [1.54, 1.807) is 19.9 Å². The highest BCUT2D eigenvalue weighted by Crippen LogP contribution is 2.30. The minimum atomic E-state index is -0.329. The molecule has 124 valence electrons. The third-order valence-corrected chi connectivity index (χ3v) is 4.70. The number of para-hydroxylation sites is 1. The van der Waals surface area contributed by atoms with Crippen LogP contribution in [0.1, 0.15) is 29.2 Å². The molecule has 24 heavy (non-hydrogen) atoms. The van der Waals surface area contributed by atoms with Gasteiger partial charge >= 0.3 is 0 Å². The van der Waals surface area contributed by atoms with Crippen LogP contribution in [-0.4, -0.2) is 21.6 Å². The van der Waals surface area contributed by atoms with Gasteiger partial charge in [-0.15, -0.1) is 11.3 Å². The average Bonchev–Trinajstić information content (AvgIpc) is 3.14. The topological polar surface area (TPSA) is 76.0 Å². The molecule has 0 atom stereocenters. The zero-order valence-electron chi connectivity index (χ0n) is 13.7. The van der Waals surface area contributed by atoms with Crippen molar-refractivity contribution in [3.05, 3.63) is 47.0 Å². The molecule has 0 spiro atoms. The molecule has 2 N–H and O–H groups in total. The van der Waals surface area contributed by atoms with Crippen molar-refractivity contribution in [2.75, 3.05) is 0 Å². The van der Waals surface area contributed by atoms with Crippen molar-refractivity contribution in [1.29, 1.82) is 0 Å². The first-order valence-electron chi connectivity index (χ1n) is 7.62. The van der Waals surface area contributed by atoms with E-state index < -0.39 is 0 Å². The van der Waals surface area contributed by atoms with Crippen LogP contribution in [0.15, 0.2) is 36.4 Å². The van der Waals surface area contributed by atoms with Crippen LogP contribution in [-0.2, 0) is 4.79 Å². The molecule has 0 unspecified atom stereocenters. The first-order valence-corrected chi connectivity index (χ1v) is 8.44. The Balaban J connectivity index is 1.89. The summed E-state index contributed by atoms with van der Waals surface area (Å²) in [6.45, 7) is 5.44. The second kappa shape index (κ2) is 6.45. The first-order chi connectivity index (χ1) is 11.5. The van der Waals surface area contributed by atoms with Gasteiger partial charge in [-0.25, -0.2) is 4.68 Å². The Hall–Kier alpha value is -2.67. The molecule has 0 bridgehead atoms. The van der Waals surface area contributed by atoms with E-state index in [1.807, 2.05) is 41.9 Å². The van der Waals surface area contributed by atoms with E-state index in [2.05, 4.69) is 16.0 Å². The van der Waals surface area contributed by atoms with Crippen molar-refractivity contribution in [2.24, 2.45) is 5.92 Å². The van der Waals surface area contributed by atoms with E-state index in [1.165, 1.54) is 11.3 Å². The zero-order valence-corrected chi connectivity index (χ0v) is 14.5. The number of nitrogens with zero attached hydrogens (tertiary/aromatic N) is 2. The monoisotopic (exact) mass is 342 g/mol. The lowest BCUT2D eigenvalue weighted by Gasteiger charge is -2.07. The molecule has 2 heterocycles. The van der Waals surface area contributed by atoms with Crippen molar-refractivity contribution in [2.45, 2.75) is 20.8 Å². The molecule has 2 aromatic heterocycles. The Morgan fingerprint density at radius 1 is 1.17 bits per heavy atom. The first kappa shape index (κ1) is 16.2. The minimum absolute atomic E-state index is 0.193. The second-order valence-electron chi connectivity index (χ2n) is 5.76. The third kappa shape index (κ3) is 3.03. The van der Waals surface area contributed by atoms with Gasteiger partial charge < -0.3 is 0 Å². The van der Waals surface area contributed by atoms with E-state index in [9.17, 15) is 9.59 Å². The molecule has 0 aliphatic heterocycles. The molecule has 3 rings (SSSR count). The van der Waals surface area contributed by atoms with Crippen LogP contribution < -0.4 is 10.9 Å². The van der Waals surface area contributed by atoms with Crippen molar-refractivity contribution in [3.8, 4) is 5.69 Å². The van der Waals surface area contributed by atoms with Crippen molar-refractivity contribution in [3.63, 3.8) is 0 Å². The highest BCUT2D eigenvalue weighted by molar-refractivity contribution is 7.20. The molecule has 6 nitrogen and oxygen atoms in total. The van der Waals surface area contributed by atoms with Crippen LogP contribution in [0.2, 0.25) is 0 Å². The summed E-state index contributed by atoms with van der Waals surface area (Å²) in [6.07, 6.45) is 0. The maximum atomic E-state index is 12.3. The maximum absolute atomic E-state index is 12.3. The van der Waals surface area contributed by atoms with E-state index in [-0.39, 0.29) is 17.7 Å². The van der Waals surface area contributed by atoms with Crippen molar-refractivity contribution < 1.29 is 9.59 Å². The number of benzene rings is 1. The number of hydrogen-bond acceptors (Lipinski definition) is 4. The Kier molecular flexibility index (Phi) is 4.35. The summed E-state index contributed by atoms with van der Waals surface area (Å²) >= 11 is 1.34. The quantitative estimate of drug-likeness (QED) is 0.719. The van der Waals surface area contributed by atoms with E-state index in [0.29, 0.717) is 4.88 Å². The maximum Gasteiger partial charge on any atom is 0.279 e. The smallest absolute Gasteiger partial charge is 0.273 e. The summed E-state index contributed by atoms with van der Waals surface area (Å²) < 4.78 is 1.83. The number of hydrazine groups is 1. The molecule has 1 aromatic carbocycles. The lowest BCUT2D eigenvalue weighted by molar-refractivity contribution is -0.124. The van der Waals surface area contributed by atoms with Gasteiger partial charge in [-0.3, -0.25) is 20.4 Å². The number of aromatic nitrogens is 2. The van der Waals surface area contributed by atoms with Crippen molar-refractivity contribution in [1.82, 2.24) is 20.6 Å². The number of amides is 2. The van der Waals surface area contributed by atoms with Crippen LogP contribution >= 0.6 is 11.3 Å². The fourth-order valence-electron chi connectivity index (χ4n) is 2.23. The Labute approximate surface area is 143 Å².